The van der Waals surface area contributed by atoms with Crippen LogP contribution in [-0.4, -0.2) is 27.6 Å². The molecule has 2 aromatic rings. The Labute approximate surface area is 141 Å². The fourth-order valence-corrected chi connectivity index (χ4v) is 3.84. The van der Waals surface area contributed by atoms with E-state index in [0.29, 0.717) is 18.3 Å². The number of hydrogen-bond donors (Lipinski definition) is 0. The van der Waals surface area contributed by atoms with Crippen molar-refractivity contribution in [1.29, 1.82) is 0 Å². The Kier molecular flexibility index (Phi) is 5.75. The van der Waals surface area contributed by atoms with E-state index in [1.54, 1.807) is 24.2 Å². The van der Waals surface area contributed by atoms with E-state index in [0.717, 1.165) is 30.0 Å². The summed E-state index contributed by atoms with van der Waals surface area (Å²) < 4.78 is 5.44. The molecule has 1 saturated carbocycles. The van der Waals surface area contributed by atoms with E-state index in [2.05, 4.69) is 4.98 Å². The van der Waals surface area contributed by atoms with Gasteiger partial charge in [0.2, 0.25) is 5.91 Å². The van der Waals surface area contributed by atoms with Gasteiger partial charge in [-0.2, -0.15) is 0 Å². The van der Waals surface area contributed by atoms with Gasteiger partial charge in [0.1, 0.15) is 5.76 Å². The highest BCUT2D eigenvalue weighted by molar-refractivity contribution is 7.99. The van der Waals surface area contributed by atoms with Gasteiger partial charge in [-0.1, -0.05) is 18.9 Å². The van der Waals surface area contributed by atoms with Crippen LogP contribution in [0.2, 0.25) is 0 Å². The number of amides is 1. The van der Waals surface area contributed by atoms with E-state index in [4.69, 9.17) is 4.42 Å². The van der Waals surface area contributed by atoms with Crippen LogP contribution in [0.1, 0.15) is 37.1 Å². The fraction of sp³-hybridized carbons (Fsp3) is 0.444. The fourth-order valence-electron chi connectivity index (χ4n) is 3.02. The summed E-state index contributed by atoms with van der Waals surface area (Å²) in [5.74, 6) is 2.33. The van der Waals surface area contributed by atoms with Gasteiger partial charge in [-0.15, -0.1) is 11.8 Å². The molecule has 0 unspecified atom stereocenters. The first-order chi connectivity index (χ1) is 11.3. The summed E-state index contributed by atoms with van der Waals surface area (Å²) in [6.07, 6.45) is 8.11. The summed E-state index contributed by atoms with van der Waals surface area (Å²) in [7, 11) is 0. The van der Waals surface area contributed by atoms with Crippen LogP contribution in [0, 0.1) is 0 Å². The van der Waals surface area contributed by atoms with E-state index in [9.17, 15) is 4.79 Å². The lowest BCUT2D eigenvalue weighted by atomic mass is 10.2. The Bertz CT molecular complexity index is 595. The third-order valence-electron chi connectivity index (χ3n) is 4.19. The predicted molar refractivity (Wildman–Crippen MR) is 91.9 cm³/mol. The van der Waals surface area contributed by atoms with Crippen molar-refractivity contribution < 1.29 is 9.21 Å². The molecule has 0 bridgehead atoms. The van der Waals surface area contributed by atoms with Crippen LogP contribution in [0.4, 0.5) is 0 Å². The van der Waals surface area contributed by atoms with Gasteiger partial charge in [0.05, 0.1) is 24.3 Å². The van der Waals surface area contributed by atoms with Crippen LogP contribution in [0.5, 0.6) is 0 Å². The first-order valence-electron chi connectivity index (χ1n) is 8.12. The standard InChI is InChI=1S/C18H22N2O2S/c21-18(14-23-13-15-6-3-4-10-19-15)20(16-7-1-2-8-16)12-17-9-5-11-22-17/h3-6,9-11,16H,1-2,7-8,12-14H2. The lowest BCUT2D eigenvalue weighted by Gasteiger charge is -2.28. The topological polar surface area (TPSA) is 46.3 Å². The number of carbonyl (C=O) groups is 1. The van der Waals surface area contributed by atoms with Gasteiger partial charge >= 0.3 is 0 Å². The van der Waals surface area contributed by atoms with E-state index in [-0.39, 0.29) is 5.91 Å². The minimum absolute atomic E-state index is 0.203. The molecule has 0 atom stereocenters. The molecule has 23 heavy (non-hydrogen) atoms. The minimum Gasteiger partial charge on any atom is -0.467 e. The van der Waals surface area contributed by atoms with Crippen LogP contribution in [0.15, 0.2) is 47.2 Å². The number of furan rings is 1. The van der Waals surface area contributed by atoms with Crippen LogP contribution < -0.4 is 0 Å². The molecule has 1 aliphatic rings. The van der Waals surface area contributed by atoms with Crippen molar-refractivity contribution in [3.63, 3.8) is 0 Å². The number of nitrogens with zero attached hydrogens (tertiary/aromatic N) is 2. The Balaban J connectivity index is 1.56. The predicted octanol–water partition coefficient (Wildman–Crippen LogP) is 3.88. The molecule has 0 saturated heterocycles. The second-order valence-electron chi connectivity index (χ2n) is 5.85. The van der Waals surface area contributed by atoms with E-state index in [1.807, 2.05) is 35.2 Å². The highest BCUT2D eigenvalue weighted by atomic mass is 32.2. The number of rotatable bonds is 7. The van der Waals surface area contributed by atoms with Gasteiger partial charge in [-0.3, -0.25) is 9.78 Å². The molecule has 1 fully saturated rings. The van der Waals surface area contributed by atoms with Gasteiger partial charge < -0.3 is 9.32 Å². The number of pyridine rings is 1. The SMILES string of the molecule is O=C(CSCc1ccccn1)N(Cc1ccco1)C1CCCC1. The average Bonchev–Trinajstić information content (AvgIpc) is 3.27. The Morgan fingerprint density at radius 3 is 2.83 bits per heavy atom. The highest BCUT2D eigenvalue weighted by Crippen LogP contribution is 2.26. The smallest absolute Gasteiger partial charge is 0.233 e. The number of carbonyl (C=O) groups excluding carboxylic acids is 1. The van der Waals surface area contributed by atoms with Gasteiger partial charge in [-0.25, -0.2) is 0 Å². The minimum atomic E-state index is 0.203. The molecule has 0 aliphatic heterocycles. The highest BCUT2D eigenvalue weighted by Gasteiger charge is 2.27. The molecule has 2 heterocycles. The summed E-state index contributed by atoms with van der Waals surface area (Å²) in [5.41, 5.74) is 1.02. The molecule has 0 spiro atoms. The molecular weight excluding hydrogens is 308 g/mol. The molecule has 0 aromatic carbocycles. The second-order valence-corrected chi connectivity index (χ2v) is 6.84. The van der Waals surface area contributed by atoms with E-state index in [1.165, 1.54) is 12.8 Å². The van der Waals surface area contributed by atoms with Crippen molar-refractivity contribution in [3.8, 4) is 0 Å². The van der Waals surface area contributed by atoms with Gasteiger partial charge in [0.15, 0.2) is 0 Å². The first-order valence-corrected chi connectivity index (χ1v) is 9.28. The molecule has 4 nitrogen and oxygen atoms in total. The normalized spacial score (nSPS) is 15.0. The largest absolute Gasteiger partial charge is 0.467 e. The third kappa shape index (κ3) is 4.61. The summed E-state index contributed by atoms with van der Waals surface area (Å²) in [4.78, 5) is 19.0. The Morgan fingerprint density at radius 1 is 1.26 bits per heavy atom. The zero-order valence-corrected chi connectivity index (χ0v) is 14.0. The summed E-state index contributed by atoms with van der Waals surface area (Å²) in [5, 5.41) is 0. The van der Waals surface area contributed by atoms with Crippen LogP contribution in [0.3, 0.4) is 0 Å². The summed E-state index contributed by atoms with van der Waals surface area (Å²) in [6.45, 7) is 0.584. The number of hydrogen-bond acceptors (Lipinski definition) is 4. The maximum atomic E-state index is 12.7. The number of aromatic nitrogens is 1. The summed E-state index contributed by atoms with van der Waals surface area (Å²) >= 11 is 1.63. The van der Waals surface area contributed by atoms with E-state index >= 15 is 0 Å². The maximum absolute atomic E-state index is 12.7. The third-order valence-corrected chi connectivity index (χ3v) is 5.14. The zero-order chi connectivity index (χ0) is 15.9. The van der Waals surface area contributed by atoms with Gasteiger partial charge in [-0.05, 0) is 37.1 Å². The molecule has 2 aromatic heterocycles. The van der Waals surface area contributed by atoms with Gasteiger partial charge in [0.25, 0.3) is 0 Å². The maximum Gasteiger partial charge on any atom is 0.233 e. The van der Waals surface area contributed by atoms with Crippen molar-refractivity contribution in [3.05, 3.63) is 54.2 Å². The summed E-state index contributed by atoms with van der Waals surface area (Å²) in [6, 6.07) is 10.1. The van der Waals surface area contributed by atoms with Crippen molar-refractivity contribution in [1.82, 2.24) is 9.88 Å². The van der Waals surface area contributed by atoms with Gasteiger partial charge in [0, 0.05) is 18.0 Å². The number of thioether (sulfide) groups is 1. The Morgan fingerprint density at radius 2 is 2.13 bits per heavy atom. The average molecular weight is 330 g/mol. The lowest BCUT2D eigenvalue weighted by molar-refractivity contribution is -0.131. The van der Waals surface area contributed by atoms with Crippen molar-refractivity contribution in [2.24, 2.45) is 0 Å². The molecule has 122 valence electrons. The lowest BCUT2D eigenvalue weighted by Crippen LogP contribution is -2.39. The van der Waals surface area contributed by atoms with Crippen molar-refractivity contribution >= 4 is 17.7 Å². The van der Waals surface area contributed by atoms with Crippen LogP contribution >= 0.6 is 11.8 Å². The molecule has 5 heteroatoms. The molecule has 0 N–H and O–H groups in total. The molecule has 1 aliphatic carbocycles. The van der Waals surface area contributed by atoms with Crippen molar-refractivity contribution in [2.45, 2.75) is 44.0 Å². The Hall–Kier alpha value is -1.75. The first kappa shape index (κ1) is 16.1. The molecule has 3 rings (SSSR count). The molecule has 0 radical (unpaired) electrons. The zero-order valence-electron chi connectivity index (χ0n) is 13.2. The molecule has 1 amide bonds. The monoisotopic (exact) mass is 330 g/mol. The van der Waals surface area contributed by atoms with Crippen LogP contribution in [0.25, 0.3) is 0 Å². The van der Waals surface area contributed by atoms with E-state index < -0.39 is 0 Å². The quantitative estimate of drug-likeness (QED) is 0.773. The second kappa shape index (κ2) is 8.20. The molecular formula is C18H22N2O2S. The van der Waals surface area contributed by atoms with Crippen LogP contribution in [-0.2, 0) is 17.1 Å². The van der Waals surface area contributed by atoms with Crippen molar-refractivity contribution in [2.75, 3.05) is 5.75 Å².